The smallest absolute Gasteiger partial charge is 0.0734 e. The Morgan fingerprint density at radius 2 is 1.69 bits per heavy atom. The topological polar surface area (TPSA) is 23.5 Å². The van der Waals surface area contributed by atoms with E-state index < -0.39 is 5.60 Å². The van der Waals surface area contributed by atoms with E-state index in [1.165, 1.54) is 23.1 Å². The van der Waals surface area contributed by atoms with Gasteiger partial charge in [-0.25, -0.2) is 0 Å². The molecule has 0 heterocycles. The van der Waals surface area contributed by atoms with Gasteiger partial charge in [0.2, 0.25) is 0 Å². The van der Waals surface area contributed by atoms with Crippen LogP contribution in [0.2, 0.25) is 0 Å². The molecular weight excluding hydrogens is 342 g/mol. The van der Waals surface area contributed by atoms with Gasteiger partial charge in [-0.1, -0.05) is 67.4 Å². The molecule has 1 fully saturated rings. The lowest BCUT2D eigenvalue weighted by molar-refractivity contribution is -0.0771. The Morgan fingerprint density at radius 1 is 1.04 bits per heavy atom. The lowest BCUT2D eigenvalue weighted by atomic mass is 9.67. The molecule has 0 bridgehead atoms. The van der Waals surface area contributed by atoms with Gasteiger partial charge in [0.1, 0.15) is 0 Å². The number of nitrogens with zero attached hydrogens (tertiary/aromatic N) is 1. The molecule has 1 aliphatic rings. The van der Waals surface area contributed by atoms with Crippen LogP contribution in [-0.4, -0.2) is 29.7 Å². The van der Waals surface area contributed by atoms with Gasteiger partial charge in [-0.2, -0.15) is 0 Å². The maximum atomic E-state index is 11.7. The molecule has 1 N–H and O–H groups in total. The van der Waals surface area contributed by atoms with Crippen LogP contribution in [0.25, 0.3) is 0 Å². The molecule has 1 aliphatic carbocycles. The zero-order chi connectivity index (χ0) is 17.9. The van der Waals surface area contributed by atoms with Crippen molar-refractivity contribution >= 4 is 12.4 Å². The standard InChI is InChI=1S/C23H31NO.ClH/c1-18-11-7-8-14-20(18)22(24(2)3)21-15-9-10-16-23(21,25)17-19-12-5-4-6-13-19;/h4-8,11-14,21-22,25H,9-10,15-17H2,1-3H3;1H. The lowest BCUT2D eigenvalue weighted by Crippen LogP contribution is -2.48. The third-order valence-corrected chi connectivity index (χ3v) is 5.86. The van der Waals surface area contributed by atoms with Crippen LogP contribution in [0.5, 0.6) is 0 Å². The summed E-state index contributed by atoms with van der Waals surface area (Å²) in [6.45, 7) is 2.19. The van der Waals surface area contributed by atoms with Crippen molar-refractivity contribution in [2.24, 2.45) is 5.92 Å². The third kappa shape index (κ3) is 4.49. The maximum absolute atomic E-state index is 11.7. The van der Waals surface area contributed by atoms with Gasteiger partial charge in [-0.05, 0) is 50.6 Å². The van der Waals surface area contributed by atoms with Gasteiger partial charge in [0.05, 0.1) is 5.60 Å². The molecule has 0 radical (unpaired) electrons. The number of aryl methyl sites for hydroxylation is 1. The van der Waals surface area contributed by atoms with Gasteiger partial charge < -0.3 is 10.0 Å². The number of aliphatic hydroxyl groups is 1. The highest BCUT2D eigenvalue weighted by molar-refractivity contribution is 5.85. The van der Waals surface area contributed by atoms with E-state index in [4.69, 9.17) is 0 Å². The molecule has 3 unspecified atom stereocenters. The van der Waals surface area contributed by atoms with Gasteiger partial charge in [-0.3, -0.25) is 0 Å². The maximum Gasteiger partial charge on any atom is 0.0734 e. The van der Waals surface area contributed by atoms with Gasteiger partial charge in [0.15, 0.2) is 0 Å². The highest BCUT2D eigenvalue weighted by Gasteiger charge is 2.44. The van der Waals surface area contributed by atoms with Gasteiger partial charge in [-0.15, -0.1) is 12.4 Å². The lowest BCUT2D eigenvalue weighted by Gasteiger charge is -2.47. The van der Waals surface area contributed by atoms with E-state index >= 15 is 0 Å². The second-order valence-electron chi connectivity index (χ2n) is 7.88. The highest BCUT2D eigenvalue weighted by Crippen LogP contribution is 2.45. The molecule has 3 rings (SSSR count). The summed E-state index contributed by atoms with van der Waals surface area (Å²) < 4.78 is 0. The second kappa shape index (κ2) is 9.03. The number of rotatable bonds is 5. The summed E-state index contributed by atoms with van der Waals surface area (Å²) in [7, 11) is 4.29. The first-order valence-electron chi connectivity index (χ1n) is 9.49. The third-order valence-electron chi connectivity index (χ3n) is 5.86. The normalized spacial score (nSPS) is 24.1. The summed E-state index contributed by atoms with van der Waals surface area (Å²) in [5.41, 5.74) is 3.26. The van der Waals surface area contributed by atoms with Crippen molar-refractivity contribution in [3.8, 4) is 0 Å². The molecule has 142 valence electrons. The summed E-state index contributed by atoms with van der Waals surface area (Å²) >= 11 is 0. The Bertz CT molecular complexity index is 688. The first-order valence-corrected chi connectivity index (χ1v) is 9.49. The minimum absolute atomic E-state index is 0. The zero-order valence-corrected chi connectivity index (χ0v) is 17.0. The Hall–Kier alpha value is -1.35. The van der Waals surface area contributed by atoms with Gasteiger partial charge >= 0.3 is 0 Å². The fourth-order valence-electron chi connectivity index (χ4n) is 4.64. The molecule has 0 aromatic heterocycles. The number of hydrogen-bond donors (Lipinski definition) is 1. The van der Waals surface area contributed by atoms with E-state index in [1.54, 1.807) is 0 Å². The number of halogens is 1. The Kier molecular flexibility index (Phi) is 7.28. The predicted molar refractivity (Wildman–Crippen MR) is 112 cm³/mol. The van der Waals surface area contributed by atoms with Crippen LogP contribution >= 0.6 is 12.4 Å². The summed E-state index contributed by atoms with van der Waals surface area (Å²) in [5, 5.41) is 11.7. The summed E-state index contributed by atoms with van der Waals surface area (Å²) in [6.07, 6.45) is 5.05. The average Bonchev–Trinajstić information content (AvgIpc) is 2.59. The molecule has 2 aromatic rings. The molecule has 0 aliphatic heterocycles. The van der Waals surface area contributed by atoms with Crippen molar-refractivity contribution < 1.29 is 5.11 Å². The largest absolute Gasteiger partial charge is 0.389 e. The summed E-state index contributed by atoms with van der Waals surface area (Å²) in [6, 6.07) is 19.4. The van der Waals surface area contributed by atoms with Crippen LogP contribution in [0.15, 0.2) is 54.6 Å². The van der Waals surface area contributed by atoms with E-state index in [1.807, 2.05) is 6.07 Å². The van der Waals surface area contributed by atoms with Crippen LogP contribution < -0.4 is 0 Å². The van der Waals surface area contributed by atoms with Crippen molar-refractivity contribution in [3.63, 3.8) is 0 Å². The van der Waals surface area contributed by atoms with E-state index in [0.717, 1.165) is 25.7 Å². The van der Waals surface area contributed by atoms with Crippen molar-refractivity contribution in [1.82, 2.24) is 4.90 Å². The minimum Gasteiger partial charge on any atom is -0.389 e. The first kappa shape index (κ1) is 21.0. The van der Waals surface area contributed by atoms with Crippen molar-refractivity contribution in [3.05, 3.63) is 71.3 Å². The van der Waals surface area contributed by atoms with Gasteiger partial charge in [0.25, 0.3) is 0 Å². The van der Waals surface area contributed by atoms with Crippen LogP contribution in [0.4, 0.5) is 0 Å². The van der Waals surface area contributed by atoms with E-state index in [9.17, 15) is 5.11 Å². The molecule has 26 heavy (non-hydrogen) atoms. The van der Waals surface area contributed by atoms with Crippen LogP contribution in [0.1, 0.15) is 48.4 Å². The second-order valence-corrected chi connectivity index (χ2v) is 7.88. The average molecular weight is 374 g/mol. The number of hydrogen-bond acceptors (Lipinski definition) is 2. The minimum atomic E-state index is -0.642. The molecule has 3 atom stereocenters. The summed E-state index contributed by atoms with van der Waals surface area (Å²) in [4.78, 5) is 2.30. The molecule has 2 aromatic carbocycles. The molecule has 1 saturated carbocycles. The molecule has 3 heteroatoms. The van der Waals surface area contributed by atoms with Crippen molar-refractivity contribution in [2.45, 2.75) is 50.7 Å². The number of benzene rings is 2. The van der Waals surface area contributed by atoms with Crippen molar-refractivity contribution in [2.75, 3.05) is 14.1 Å². The Balaban J connectivity index is 0.00000243. The van der Waals surface area contributed by atoms with Crippen LogP contribution in [0, 0.1) is 12.8 Å². The predicted octanol–water partition coefficient (Wildman–Crippen LogP) is 5.18. The van der Waals surface area contributed by atoms with Gasteiger partial charge in [0, 0.05) is 18.4 Å². The molecule has 2 nitrogen and oxygen atoms in total. The Morgan fingerprint density at radius 3 is 2.35 bits per heavy atom. The van der Waals surface area contributed by atoms with E-state index in [0.29, 0.717) is 0 Å². The van der Waals surface area contributed by atoms with E-state index in [-0.39, 0.29) is 24.4 Å². The quantitative estimate of drug-likeness (QED) is 0.780. The SMILES string of the molecule is Cc1ccccc1C(C1CCCCC1(O)Cc1ccccc1)N(C)C.Cl. The van der Waals surface area contributed by atoms with Crippen LogP contribution in [0.3, 0.4) is 0 Å². The van der Waals surface area contributed by atoms with Crippen molar-refractivity contribution in [1.29, 1.82) is 0 Å². The fraction of sp³-hybridized carbons (Fsp3) is 0.478. The summed E-state index contributed by atoms with van der Waals surface area (Å²) in [5.74, 6) is 0.248. The fourth-order valence-corrected chi connectivity index (χ4v) is 4.64. The first-order chi connectivity index (χ1) is 12.0. The molecule has 0 amide bonds. The highest BCUT2D eigenvalue weighted by atomic mass is 35.5. The molecule has 0 saturated heterocycles. The Labute approximate surface area is 164 Å². The molecule has 0 spiro atoms. The monoisotopic (exact) mass is 373 g/mol. The molecular formula is C23H32ClNO. The van der Waals surface area contributed by atoms with Crippen LogP contribution in [-0.2, 0) is 6.42 Å². The van der Waals surface area contributed by atoms with E-state index in [2.05, 4.69) is 74.4 Å². The zero-order valence-electron chi connectivity index (χ0n) is 16.2.